The summed E-state index contributed by atoms with van der Waals surface area (Å²) in [4.78, 5) is 12.3. The van der Waals surface area contributed by atoms with Crippen LogP contribution in [0, 0.1) is 0 Å². The van der Waals surface area contributed by atoms with Crippen molar-refractivity contribution < 1.29 is 17.9 Å². The van der Waals surface area contributed by atoms with E-state index in [1.165, 1.54) is 19.2 Å². The summed E-state index contributed by atoms with van der Waals surface area (Å²) in [5, 5.41) is 0. The predicted octanol–water partition coefficient (Wildman–Crippen LogP) is 2.28. The van der Waals surface area contributed by atoms with Gasteiger partial charge in [-0.05, 0) is 12.1 Å². The highest BCUT2D eigenvalue weighted by Gasteiger charge is 2.56. The fourth-order valence-electron chi connectivity index (χ4n) is 2.46. The Hall–Kier alpha value is -1.88. The SMILES string of the molecule is C=C1CC(C(=O)OC)(S(=O)(=O)c2ccccc2)CC1=C. The number of rotatable bonds is 3. The molecule has 4 nitrogen and oxygen atoms in total. The molecular weight excluding hydrogens is 276 g/mol. The molecule has 1 aliphatic carbocycles. The normalized spacial score (nSPS) is 18.1. The summed E-state index contributed by atoms with van der Waals surface area (Å²) < 4.78 is 28.8. The molecule has 0 aromatic heterocycles. The number of methoxy groups -OCH3 is 1. The zero-order chi connectivity index (χ0) is 15.0. The average molecular weight is 292 g/mol. The molecule has 0 N–H and O–H groups in total. The third-order valence-corrected chi connectivity index (χ3v) is 6.00. The maximum atomic E-state index is 12.9. The van der Waals surface area contributed by atoms with Crippen LogP contribution in [-0.4, -0.2) is 26.2 Å². The van der Waals surface area contributed by atoms with Crippen LogP contribution < -0.4 is 0 Å². The van der Waals surface area contributed by atoms with E-state index in [1.54, 1.807) is 18.2 Å². The van der Waals surface area contributed by atoms with Crippen LogP contribution in [0.15, 0.2) is 59.5 Å². The third-order valence-electron chi connectivity index (χ3n) is 3.62. The molecular formula is C15H16O4S. The second kappa shape index (κ2) is 4.90. The quantitative estimate of drug-likeness (QED) is 0.802. The standard InChI is InChI=1S/C15H16O4S/c1-11-9-15(10-12(11)2,14(16)19-3)20(17,18)13-7-5-4-6-8-13/h4-8H,1-2,9-10H2,3H3. The maximum absolute atomic E-state index is 12.9. The summed E-state index contributed by atoms with van der Waals surface area (Å²) in [5.41, 5.74) is 1.16. The number of carbonyl (C=O) groups is 1. The lowest BCUT2D eigenvalue weighted by molar-refractivity contribution is -0.143. The van der Waals surface area contributed by atoms with Gasteiger partial charge in [-0.25, -0.2) is 8.42 Å². The largest absolute Gasteiger partial charge is 0.468 e. The zero-order valence-corrected chi connectivity index (χ0v) is 12.1. The Kier molecular flexibility index (Phi) is 3.56. The van der Waals surface area contributed by atoms with E-state index in [0.717, 1.165) is 0 Å². The van der Waals surface area contributed by atoms with Gasteiger partial charge in [-0.3, -0.25) is 4.79 Å². The molecule has 0 aliphatic heterocycles. The molecule has 0 unspecified atom stereocenters. The van der Waals surface area contributed by atoms with Crippen LogP contribution in [0.5, 0.6) is 0 Å². The Balaban J connectivity index is 2.63. The molecule has 1 fully saturated rings. The third kappa shape index (κ3) is 1.98. The van der Waals surface area contributed by atoms with Crippen molar-refractivity contribution in [3.63, 3.8) is 0 Å². The Morgan fingerprint density at radius 1 is 1.15 bits per heavy atom. The van der Waals surface area contributed by atoms with Gasteiger partial charge in [0.05, 0.1) is 12.0 Å². The first-order valence-corrected chi connectivity index (χ1v) is 7.57. The number of hydrogen-bond donors (Lipinski definition) is 0. The zero-order valence-electron chi connectivity index (χ0n) is 11.3. The van der Waals surface area contributed by atoms with E-state index < -0.39 is 20.6 Å². The molecule has 2 rings (SSSR count). The highest BCUT2D eigenvalue weighted by atomic mass is 32.2. The van der Waals surface area contributed by atoms with Gasteiger partial charge in [-0.15, -0.1) is 0 Å². The minimum Gasteiger partial charge on any atom is -0.468 e. The number of allylic oxidation sites excluding steroid dienone is 2. The molecule has 1 aromatic carbocycles. The molecule has 0 bridgehead atoms. The number of esters is 1. The van der Waals surface area contributed by atoms with Gasteiger partial charge in [0.2, 0.25) is 0 Å². The van der Waals surface area contributed by atoms with Gasteiger partial charge < -0.3 is 4.74 Å². The van der Waals surface area contributed by atoms with Crippen molar-refractivity contribution in [2.24, 2.45) is 0 Å². The first kappa shape index (κ1) is 14.5. The molecule has 5 heteroatoms. The van der Waals surface area contributed by atoms with Gasteiger partial charge in [0.1, 0.15) is 0 Å². The first-order chi connectivity index (χ1) is 9.35. The molecule has 1 aliphatic rings. The van der Waals surface area contributed by atoms with Gasteiger partial charge in [0, 0.05) is 12.8 Å². The molecule has 0 heterocycles. The minimum atomic E-state index is -3.87. The average Bonchev–Trinajstić information content (AvgIpc) is 2.76. The number of ether oxygens (including phenoxy) is 1. The Morgan fingerprint density at radius 3 is 2.10 bits per heavy atom. The van der Waals surface area contributed by atoms with E-state index >= 15 is 0 Å². The van der Waals surface area contributed by atoms with Gasteiger partial charge in [-0.1, -0.05) is 42.5 Å². The highest BCUT2D eigenvalue weighted by molar-refractivity contribution is 7.93. The van der Waals surface area contributed by atoms with Crippen molar-refractivity contribution in [3.05, 3.63) is 54.6 Å². The monoisotopic (exact) mass is 292 g/mol. The molecule has 0 saturated heterocycles. The minimum absolute atomic E-state index is 0.0235. The molecule has 0 atom stereocenters. The summed E-state index contributed by atoms with van der Waals surface area (Å²) in [6.07, 6.45) is 0.0471. The summed E-state index contributed by atoms with van der Waals surface area (Å²) >= 11 is 0. The predicted molar refractivity (Wildman–Crippen MR) is 75.9 cm³/mol. The van der Waals surface area contributed by atoms with E-state index in [9.17, 15) is 13.2 Å². The molecule has 1 saturated carbocycles. The highest BCUT2D eigenvalue weighted by Crippen LogP contribution is 2.45. The lowest BCUT2D eigenvalue weighted by Gasteiger charge is -2.25. The first-order valence-electron chi connectivity index (χ1n) is 6.09. The number of sulfone groups is 1. The lowest BCUT2D eigenvalue weighted by atomic mass is 10.1. The summed E-state index contributed by atoms with van der Waals surface area (Å²) in [6, 6.07) is 7.91. The number of hydrogen-bond acceptors (Lipinski definition) is 4. The Bertz CT molecular complexity index is 655. The lowest BCUT2D eigenvalue weighted by Crippen LogP contribution is -2.45. The van der Waals surface area contributed by atoms with E-state index in [0.29, 0.717) is 11.1 Å². The van der Waals surface area contributed by atoms with Crippen LogP contribution in [-0.2, 0) is 19.4 Å². The van der Waals surface area contributed by atoms with Crippen LogP contribution in [0.3, 0.4) is 0 Å². The van der Waals surface area contributed by atoms with Crippen LogP contribution in [0.25, 0.3) is 0 Å². The molecule has 0 radical (unpaired) electrons. The summed E-state index contributed by atoms with van der Waals surface area (Å²) in [7, 11) is -2.68. The molecule has 1 aromatic rings. The van der Waals surface area contributed by atoms with E-state index in [1.807, 2.05) is 0 Å². The fraction of sp³-hybridized carbons (Fsp3) is 0.267. The number of carbonyl (C=O) groups excluding carboxylic acids is 1. The molecule has 0 spiro atoms. The van der Waals surface area contributed by atoms with Crippen LogP contribution >= 0.6 is 0 Å². The Labute approximate surface area is 118 Å². The van der Waals surface area contributed by atoms with E-state index in [-0.39, 0.29) is 17.7 Å². The second-order valence-corrected chi connectivity index (χ2v) is 7.12. The smallest absolute Gasteiger partial charge is 0.328 e. The van der Waals surface area contributed by atoms with Crippen molar-refractivity contribution in [1.29, 1.82) is 0 Å². The van der Waals surface area contributed by atoms with Crippen molar-refractivity contribution in [3.8, 4) is 0 Å². The maximum Gasteiger partial charge on any atom is 0.328 e. The van der Waals surface area contributed by atoms with Crippen LogP contribution in [0.4, 0.5) is 0 Å². The van der Waals surface area contributed by atoms with Gasteiger partial charge in [0.25, 0.3) is 0 Å². The molecule has 20 heavy (non-hydrogen) atoms. The van der Waals surface area contributed by atoms with Crippen molar-refractivity contribution in [1.82, 2.24) is 0 Å². The van der Waals surface area contributed by atoms with Gasteiger partial charge >= 0.3 is 5.97 Å². The van der Waals surface area contributed by atoms with Crippen LogP contribution in [0.2, 0.25) is 0 Å². The van der Waals surface area contributed by atoms with Crippen LogP contribution in [0.1, 0.15) is 12.8 Å². The number of benzene rings is 1. The van der Waals surface area contributed by atoms with Crippen molar-refractivity contribution >= 4 is 15.8 Å². The van der Waals surface area contributed by atoms with Crippen molar-refractivity contribution in [2.45, 2.75) is 22.5 Å². The topological polar surface area (TPSA) is 60.4 Å². The summed E-state index contributed by atoms with van der Waals surface area (Å²) in [5.74, 6) is -0.763. The van der Waals surface area contributed by atoms with Gasteiger partial charge in [0.15, 0.2) is 14.6 Å². The van der Waals surface area contributed by atoms with Gasteiger partial charge in [-0.2, -0.15) is 0 Å². The molecule has 106 valence electrons. The fourth-order valence-corrected chi connectivity index (χ4v) is 4.46. The van der Waals surface area contributed by atoms with E-state index in [2.05, 4.69) is 13.2 Å². The van der Waals surface area contributed by atoms with E-state index in [4.69, 9.17) is 4.74 Å². The van der Waals surface area contributed by atoms with Crippen molar-refractivity contribution in [2.75, 3.05) is 7.11 Å². The summed E-state index contributed by atoms with van der Waals surface area (Å²) in [6.45, 7) is 7.57. The second-order valence-electron chi connectivity index (χ2n) is 4.86. The molecule has 0 amide bonds. The Morgan fingerprint density at radius 2 is 1.65 bits per heavy atom.